The molecule has 0 fully saturated rings. The molecule has 110 valence electrons. The fourth-order valence-electron chi connectivity index (χ4n) is 1.57. The first-order valence-electron chi connectivity index (χ1n) is 5.58. The molecule has 21 heavy (non-hydrogen) atoms. The third-order valence-corrected chi connectivity index (χ3v) is 5.06. The predicted octanol–water partition coefficient (Wildman–Crippen LogP) is 4.39. The second-order valence-electron chi connectivity index (χ2n) is 4.04. The number of benzene rings is 2. The summed E-state index contributed by atoms with van der Waals surface area (Å²) in [5, 5.41) is 2.69. The zero-order valence-corrected chi connectivity index (χ0v) is 15.1. The number of amides is 1. The first-order chi connectivity index (χ1) is 9.77. The van der Waals surface area contributed by atoms with E-state index < -0.39 is 9.05 Å². The van der Waals surface area contributed by atoms with E-state index in [1.807, 2.05) is 6.07 Å². The minimum atomic E-state index is -3.81. The molecule has 4 nitrogen and oxygen atoms in total. The summed E-state index contributed by atoms with van der Waals surface area (Å²) in [6, 6.07) is 11.0. The molecule has 1 N–H and O–H groups in total. The van der Waals surface area contributed by atoms with Gasteiger partial charge in [0.05, 0.1) is 10.6 Å². The maximum absolute atomic E-state index is 12.1. The van der Waals surface area contributed by atoms with Gasteiger partial charge in [-0.15, -0.1) is 0 Å². The SMILES string of the molecule is O=C(Nc1ccc(S(=O)(=O)Cl)cc1Br)c1cccc(Br)c1. The minimum Gasteiger partial charge on any atom is -0.321 e. The van der Waals surface area contributed by atoms with Crippen LogP contribution in [0.4, 0.5) is 5.69 Å². The van der Waals surface area contributed by atoms with Gasteiger partial charge in [-0.05, 0) is 52.3 Å². The molecule has 0 saturated carbocycles. The summed E-state index contributed by atoms with van der Waals surface area (Å²) < 4.78 is 23.7. The largest absolute Gasteiger partial charge is 0.321 e. The number of carbonyl (C=O) groups is 1. The van der Waals surface area contributed by atoms with E-state index >= 15 is 0 Å². The van der Waals surface area contributed by atoms with E-state index in [-0.39, 0.29) is 10.8 Å². The molecule has 1 amide bonds. The number of hydrogen-bond acceptors (Lipinski definition) is 3. The van der Waals surface area contributed by atoms with Gasteiger partial charge in [0.15, 0.2) is 0 Å². The Balaban J connectivity index is 2.26. The molecule has 0 atom stereocenters. The van der Waals surface area contributed by atoms with E-state index in [2.05, 4.69) is 37.2 Å². The lowest BCUT2D eigenvalue weighted by molar-refractivity contribution is 0.102. The van der Waals surface area contributed by atoms with Gasteiger partial charge in [0.25, 0.3) is 15.0 Å². The van der Waals surface area contributed by atoms with E-state index in [9.17, 15) is 13.2 Å². The van der Waals surface area contributed by atoms with Gasteiger partial charge < -0.3 is 5.32 Å². The second-order valence-corrected chi connectivity index (χ2v) is 8.38. The summed E-state index contributed by atoms with van der Waals surface area (Å²) in [5.41, 5.74) is 0.925. The third kappa shape index (κ3) is 4.29. The van der Waals surface area contributed by atoms with Gasteiger partial charge in [0.1, 0.15) is 0 Å². The topological polar surface area (TPSA) is 63.2 Å². The zero-order chi connectivity index (χ0) is 15.6. The van der Waals surface area contributed by atoms with Gasteiger partial charge in [0, 0.05) is 25.2 Å². The van der Waals surface area contributed by atoms with Gasteiger partial charge in [-0.3, -0.25) is 4.79 Å². The zero-order valence-electron chi connectivity index (χ0n) is 10.3. The Hall–Kier alpha value is -0.890. The lowest BCUT2D eigenvalue weighted by atomic mass is 10.2. The predicted molar refractivity (Wildman–Crippen MR) is 89.3 cm³/mol. The fraction of sp³-hybridized carbons (Fsp3) is 0. The van der Waals surface area contributed by atoms with Crippen molar-refractivity contribution in [1.82, 2.24) is 0 Å². The fourth-order valence-corrected chi connectivity index (χ4v) is 3.38. The quantitative estimate of drug-likeness (QED) is 0.701. The second kappa shape index (κ2) is 6.48. The van der Waals surface area contributed by atoms with Crippen molar-refractivity contribution in [1.29, 1.82) is 0 Å². The number of rotatable bonds is 3. The average Bonchev–Trinajstić information content (AvgIpc) is 2.39. The highest BCUT2D eigenvalue weighted by Gasteiger charge is 2.14. The summed E-state index contributed by atoms with van der Waals surface area (Å²) in [4.78, 5) is 12.1. The van der Waals surface area contributed by atoms with Crippen molar-refractivity contribution in [2.75, 3.05) is 5.32 Å². The van der Waals surface area contributed by atoms with E-state index in [0.29, 0.717) is 15.7 Å². The first-order valence-corrected chi connectivity index (χ1v) is 9.48. The Morgan fingerprint density at radius 1 is 1.10 bits per heavy atom. The molecule has 0 aliphatic rings. The van der Waals surface area contributed by atoms with Crippen LogP contribution in [0.15, 0.2) is 56.3 Å². The van der Waals surface area contributed by atoms with Crippen LogP contribution in [0.1, 0.15) is 10.4 Å². The van der Waals surface area contributed by atoms with Crippen LogP contribution in [-0.4, -0.2) is 14.3 Å². The van der Waals surface area contributed by atoms with Gasteiger partial charge in [-0.25, -0.2) is 8.42 Å². The average molecular weight is 454 g/mol. The lowest BCUT2D eigenvalue weighted by Gasteiger charge is -2.08. The summed E-state index contributed by atoms with van der Waals surface area (Å²) in [6.45, 7) is 0. The highest BCUT2D eigenvalue weighted by molar-refractivity contribution is 9.10. The maximum atomic E-state index is 12.1. The Labute approximate surface area is 143 Å². The monoisotopic (exact) mass is 451 g/mol. The van der Waals surface area contributed by atoms with Crippen LogP contribution in [-0.2, 0) is 9.05 Å². The Kier molecular flexibility index (Phi) is 5.08. The molecule has 2 rings (SSSR count). The normalized spacial score (nSPS) is 11.2. The van der Waals surface area contributed by atoms with Crippen LogP contribution in [0.5, 0.6) is 0 Å². The third-order valence-electron chi connectivity index (χ3n) is 2.56. The highest BCUT2D eigenvalue weighted by atomic mass is 79.9. The maximum Gasteiger partial charge on any atom is 0.261 e. The standard InChI is InChI=1S/C13H8Br2ClNO3S/c14-9-3-1-2-8(6-9)13(18)17-12-5-4-10(7-11(12)15)21(16,19)20/h1-7H,(H,17,18). The molecule has 0 radical (unpaired) electrons. The van der Waals surface area contributed by atoms with Crippen LogP contribution in [0.3, 0.4) is 0 Å². The van der Waals surface area contributed by atoms with Crippen molar-refractivity contribution in [2.24, 2.45) is 0 Å². The van der Waals surface area contributed by atoms with Crippen LogP contribution in [0.2, 0.25) is 0 Å². The van der Waals surface area contributed by atoms with Crippen molar-refractivity contribution in [2.45, 2.75) is 4.90 Å². The minimum absolute atomic E-state index is 0.0449. The van der Waals surface area contributed by atoms with Crippen LogP contribution < -0.4 is 5.32 Å². The van der Waals surface area contributed by atoms with E-state index in [1.54, 1.807) is 18.2 Å². The number of anilines is 1. The molecule has 0 bridgehead atoms. The molecule has 0 heterocycles. The van der Waals surface area contributed by atoms with Gasteiger partial charge >= 0.3 is 0 Å². The van der Waals surface area contributed by atoms with Gasteiger partial charge in [0.2, 0.25) is 0 Å². The molecule has 8 heteroatoms. The van der Waals surface area contributed by atoms with Crippen LogP contribution in [0.25, 0.3) is 0 Å². The molecule has 0 unspecified atom stereocenters. The van der Waals surface area contributed by atoms with Crippen LogP contribution >= 0.6 is 42.5 Å². The van der Waals surface area contributed by atoms with Crippen molar-refractivity contribution >= 4 is 63.2 Å². The molecule has 0 aromatic heterocycles. The Morgan fingerprint density at radius 2 is 1.81 bits per heavy atom. The van der Waals surface area contributed by atoms with Crippen LogP contribution in [0, 0.1) is 0 Å². The molecule has 0 saturated heterocycles. The van der Waals surface area contributed by atoms with Crippen molar-refractivity contribution in [3.05, 3.63) is 57.0 Å². The summed E-state index contributed by atoms with van der Waals surface area (Å²) in [6.07, 6.45) is 0. The molecule has 2 aromatic rings. The summed E-state index contributed by atoms with van der Waals surface area (Å²) >= 11 is 6.50. The van der Waals surface area contributed by atoms with Crippen molar-refractivity contribution in [3.63, 3.8) is 0 Å². The van der Waals surface area contributed by atoms with E-state index in [0.717, 1.165) is 4.47 Å². The first kappa shape index (κ1) is 16.5. The molecule has 0 aliphatic heterocycles. The highest BCUT2D eigenvalue weighted by Crippen LogP contribution is 2.27. The number of nitrogens with one attached hydrogen (secondary N) is 1. The Bertz CT molecular complexity index is 809. The number of hydrogen-bond donors (Lipinski definition) is 1. The Morgan fingerprint density at radius 3 is 2.38 bits per heavy atom. The smallest absolute Gasteiger partial charge is 0.261 e. The van der Waals surface area contributed by atoms with E-state index in [4.69, 9.17) is 10.7 Å². The summed E-state index contributed by atoms with van der Waals surface area (Å²) in [5.74, 6) is -0.307. The van der Waals surface area contributed by atoms with Gasteiger partial charge in [-0.2, -0.15) is 0 Å². The summed E-state index contributed by atoms with van der Waals surface area (Å²) in [7, 11) is 1.46. The van der Waals surface area contributed by atoms with Crippen molar-refractivity contribution < 1.29 is 13.2 Å². The van der Waals surface area contributed by atoms with Gasteiger partial charge in [-0.1, -0.05) is 22.0 Å². The molecule has 0 spiro atoms. The molecular formula is C13H8Br2ClNO3S. The van der Waals surface area contributed by atoms with Crippen molar-refractivity contribution in [3.8, 4) is 0 Å². The molecule has 2 aromatic carbocycles. The van der Waals surface area contributed by atoms with E-state index in [1.165, 1.54) is 18.2 Å². The lowest BCUT2D eigenvalue weighted by Crippen LogP contribution is -2.12. The number of carbonyl (C=O) groups excluding carboxylic acids is 1. The molecular weight excluding hydrogens is 445 g/mol. The number of halogens is 3. The molecule has 0 aliphatic carbocycles.